The Bertz CT molecular complexity index is 1250. The molecule has 1 atom stereocenters. The lowest BCUT2D eigenvalue weighted by Crippen LogP contribution is -2.44. The van der Waals surface area contributed by atoms with Crippen LogP contribution in [0.2, 0.25) is 5.02 Å². The summed E-state index contributed by atoms with van der Waals surface area (Å²) in [6, 6.07) is 20.0. The molecule has 1 aliphatic heterocycles. The SMILES string of the molecule is CCOc1cccc(NC(=O)C2CC(=O)N(Cc3ccc(F)cc3)C(=Nc3cccc(Cl)c3)S2)c1. The van der Waals surface area contributed by atoms with Gasteiger partial charge in [0.15, 0.2) is 5.17 Å². The van der Waals surface area contributed by atoms with Crippen LogP contribution in [-0.4, -0.2) is 33.7 Å². The lowest BCUT2D eigenvalue weighted by atomic mass is 10.2. The van der Waals surface area contributed by atoms with Crippen LogP contribution in [0.5, 0.6) is 5.75 Å². The number of aliphatic imine (C=N–C) groups is 1. The molecule has 0 aromatic heterocycles. The molecule has 0 radical (unpaired) electrons. The number of carbonyl (C=O) groups is 2. The van der Waals surface area contributed by atoms with Crippen LogP contribution < -0.4 is 10.1 Å². The number of benzene rings is 3. The number of nitrogens with zero attached hydrogens (tertiary/aromatic N) is 2. The van der Waals surface area contributed by atoms with Gasteiger partial charge in [0.1, 0.15) is 16.8 Å². The summed E-state index contributed by atoms with van der Waals surface area (Å²) in [5, 5.41) is 3.07. The molecule has 35 heavy (non-hydrogen) atoms. The van der Waals surface area contributed by atoms with E-state index in [4.69, 9.17) is 16.3 Å². The molecule has 4 rings (SSSR count). The normalized spacial score (nSPS) is 16.9. The summed E-state index contributed by atoms with van der Waals surface area (Å²) in [5.74, 6) is -0.272. The first-order valence-corrected chi connectivity index (χ1v) is 12.3. The van der Waals surface area contributed by atoms with E-state index in [1.807, 2.05) is 6.92 Å². The molecule has 1 heterocycles. The molecule has 6 nitrogen and oxygen atoms in total. The first-order chi connectivity index (χ1) is 16.9. The Morgan fingerprint density at radius 3 is 2.69 bits per heavy atom. The monoisotopic (exact) mass is 511 g/mol. The van der Waals surface area contributed by atoms with E-state index in [1.54, 1.807) is 60.7 Å². The van der Waals surface area contributed by atoms with E-state index in [9.17, 15) is 14.0 Å². The van der Waals surface area contributed by atoms with Gasteiger partial charge < -0.3 is 10.1 Å². The van der Waals surface area contributed by atoms with Gasteiger partial charge in [-0.2, -0.15) is 0 Å². The molecule has 9 heteroatoms. The number of ether oxygens (including phenoxy) is 1. The van der Waals surface area contributed by atoms with Crippen LogP contribution in [-0.2, 0) is 16.1 Å². The summed E-state index contributed by atoms with van der Waals surface area (Å²) in [6.45, 7) is 2.60. The number of hydrogen-bond donors (Lipinski definition) is 1. The zero-order chi connectivity index (χ0) is 24.8. The standard InChI is InChI=1S/C26H23ClFN3O3S/c1-2-34-22-8-4-7-21(14-22)29-25(33)23-15-24(32)31(16-17-9-11-19(28)12-10-17)26(35-23)30-20-6-3-5-18(27)13-20/h3-14,23H,2,15-16H2,1H3,(H,29,33). The number of hydrogen-bond acceptors (Lipinski definition) is 5. The van der Waals surface area contributed by atoms with E-state index in [0.29, 0.717) is 33.9 Å². The fourth-order valence-electron chi connectivity index (χ4n) is 3.48. The van der Waals surface area contributed by atoms with Gasteiger partial charge in [-0.25, -0.2) is 9.38 Å². The second-order valence-electron chi connectivity index (χ2n) is 7.74. The third-order valence-electron chi connectivity index (χ3n) is 5.13. The lowest BCUT2D eigenvalue weighted by Gasteiger charge is -2.32. The highest BCUT2D eigenvalue weighted by atomic mass is 35.5. The van der Waals surface area contributed by atoms with Crippen molar-refractivity contribution in [1.82, 2.24) is 4.90 Å². The third kappa shape index (κ3) is 6.61. The molecule has 1 unspecified atom stereocenters. The van der Waals surface area contributed by atoms with Crippen molar-refractivity contribution >= 4 is 51.7 Å². The van der Waals surface area contributed by atoms with Crippen molar-refractivity contribution in [1.29, 1.82) is 0 Å². The summed E-state index contributed by atoms with van der Waals surface area (Å²) < 4.78 is 18.8. The lowest BCUT2D eigenvalue weighted by molar-refractivity contribution is -0.129. The van der Waals surface area contributed by atoms with Crippen LogP contribution in [0.15, 0.2) is 77.8 Å². The van der Waals surface area contributed by atoms with Gasteiger partial charge >= 0.3 is 0 Å². The van der Waals surface area contributed by atoms with Crippen molar-refractivity contribution in [2.75, 3.05) is 11.9 Å². The van der Waals surface area contributed by atoms with Crippen molar-refractivity contribution in [2.45, 2.75) is 25.1 Å². The number of thioether (sulfide) groups is 1. The minimum absolute atomic E-state index is 0.00257. The molecule has 1 saturated heterocycles. The highest BCUT2D eigenvalue weighted by molar-refractivity contribution is 8.15. The van der Waals surface area contributed by atoms with Crippen LogP contribution in [0.3, 0.4) is 0 Å². The van der Waals surface area contributed by atoms with Crippen LogP contribution >= 0.6 is 23.4 Å². The first-order valence-electron chi connectivity index (χ1n) is 11.0. The third-order valence-corrected chi connectivity index (χ3v) is 6.55. The van der Waals surface area contributed by atoms with Crippen LogP contribution in [0.4, 0.5) is 15.8 Å². The number of anilines is 1. The molecule has 0 spiro atoms. The van der Waals surface area contributed by atoms with Gasteiger partial charge in [-0.3, -0.25) is 14.5 Å². The summed E-state index contributed by atoms with van der Waals surface area (Å²) in [6.07, 6.45) is -0.00257. The molecule has 0 saturated carbocycles. The van der Waals surface area contributed by atoms with E-state index < -0.39 is 5.25 Å². The van der Waals surface area contributed by atoms with Gasteiger partial charge in [-0.05, 0) is 55.0 Å². The van der Waals surface area contributed by atoms with Crippen molar-refractivity contribution in [3.63, 3.8) is 0 Å². The zero-order valence-corrected chi connectivity index (χ0v) is 20.5. The van der Waals surface area contributed by atoms with E-state index in [-0.39, 0.29) is 30.6 Å². The Balaban J connectivity index is 1.58. The predicted molar refractivity (Wildman–Crippen MR) is 138 cm³/mol. The number of carbonyl (C=O) groups excluding carboxylic acids is 2. The number of amidine groups is 1. The van der Waals surface area contributed by atoms with Gasteiger partial charge in [-0.15, -0.1) is 0 Å². The van der Waals surface area contributed by atoms with E-state index in [2.05, 4.69) is 10.3 Å². The second kappa shape index (κ2) is 11.4. The molecule has 1 N–H and O–H groups in total. The first kappa shape index (κ1) is 24.8. The maximum absolute atomic E-state index is 13.4. The highest BCUT2D eigenvalue weighted by Gasteiger charge is 2.36. The van der Waals surface area contributed by atoms with Gasteiger partial charge in [0.25, 0.3) is 0 Å². The molecule has 1 fully saturated rings. The van der Waals surface area contributed by atoms with Crippen LogP contribution in [0, 0.1) is 5.82 Å². The van der Waals surface area contributed by atoms with E-state index in [0.717, 1.165) is 5.56 Å². The largest absolute Gasteiger partial charge is 0.494 e. The van der Waals surface area contributed by atoms with Crippen LogP contribution in [0.25, 0.3) is 0 Å². The highest BCUT2D eigenvalue weighted by Crippen LogP contribution is 2.32. The van der Waals surface area contributed by atoms with Gasteiger partial charge in [0.2, 0.25) is 11.8 Å². The fourth-order valence-corrected chi connectivity index (χ4v) is 4.76. The Labute approximate surface area is 212 Å². The summed E-state index contributed by atoms with van der Waals surface area (Å²) >= 11 is 7.31. The molecule has 2 amide bonds. The number of nitrogens with one attached hydrogen (secondary N) is 1. The molecule has 0 bridgehead atoms. The average Bonchev–Trinajstić information content (AvgIpc) is 2.83. The molecule has 1 aliphatic rings. The minimum Gasteiger partial charge on any atom is -0.494 e. The molecule has 180 valence electrons. The molecular weight excluding hydrogens is 489 g/mol. The van der Waals surface area contributed by atoms with Gasteiger partial charge in [0, 0.05) is 23.2 Å². The van der Waals surface area contributed by atoms with Crippen molar-refractivity contribution in [3.05, 3.63) is 89.2 Å². The molecule has 0 aliphatic carbocycles. The van der Waals surface area contributed by atoms with Crippen molar-refractivity contribution < 1.29 is 18.7 Å². The quantitative estimate of drug-likeness (QED) is 0.420. The second-order valence-corrected chi connectivity index (χ2v) is 9.35. The summed E-state index contributed by atoms with van der Waals surface area (Å²) in [7, 11) is 0. The van der Waals surface area contributed by atoms with Crippen molar-refractivity contribution in [2.24, 2.45) is 4.99 Å². The maximum Gasteiger partial charge on any atom is 0.238 e. The predicted octanol–water partition coefficient (Wildman–Crippen LogP) is 6.04. The minimum atomic E-state index is -0.680. The van der Waals surface area contributed by atoms with E-state index in [1.165, 1.54) is 28.8 Å². The fraction of sp³-hybridized carbons (Fsp3) is 0.192. The topological polar surface area (TPSA) is 71.0 Å². The van der Waals surface area contributed by atoms with Crippen LogP contribution in [0.1, 0.15) is 18.9 Å². The Morgan fingerprint density at radius 1 is 1.17 bits per heavy atom. The van der Waals surface area contributed by atoms with Gasteiger partial charge in [0.05, 0.1) is 18.8 Å². The maximum atomic E-state index is 13.4. The Kier molecular flexibility index (Phi) is 8.05. The molecule has 3 aromatic carbocycles. The molecule has 3 aromatic rings. The zero-order valence-electron chi connectivity index (χ0n) is 18.9. The van der Waals surface area contributed by atoms with Gasteiger partial charge in [-0.1, -0.05) is 47.6 Å². The number of halogens is 2. The van der Waals surface area contributed by atoms with Crippen molar-refractivity contribution in [3.8, 4) is 5.75 Å². The smallest absolute Gasteiger partial charge is 0.238 e. The average molecular weight is 512 g/mol. The number of rotatable bonds is 7. The number of amides is 2. The van der Waals surface area contributed by atoms with E-state index >= 15 is 0 Å². The summed E-state index contributed by atoms with van der Waals surface area (Å²) in [4.78, 5) is 32.4. The molecular formula is C26H23ClFN3O3S. The summed E-state index contributed by atoms with van der Waals surface area (Å²) in [5.41, 5.74) is 1.88. The Morgan fingerprint density at radius 2 is 1.94 bits per heavy atom. The Hall–Kier alpha value is -3.36.